The Morgan fingerprint density at radius 2 is 1.88 bits per heavy atom. The quantitative estimate of drug-likeness (QED) is 0.735. The Kier molecular flexibility index (Phi) is 7.63. The molecule has 0 aromatic heterocycles. The Hall–Kier alpha value is -2.37. The highest BCUT2D eigenvalue weighted by Crippen LogP contribution is 2.20. The first-order valence-corrected chi connectivity index (χ1v) is 9.46. The van der Waals surface area contributed by atoms with Gasteiger partial charge in [0.05, 0.1) is 0 Å². The van der Waals surface area contributed by atoms with Gasteiger partial charge in [-0.1, -0.05) is 25.8 Å². The molecule has 142 valence electrons. The van der Waals surface area contributed by atoms with E-state index in [-0.39, 0.29) is 23.6 Å². The van der Waals surface area contributed by atoms with Crippen LogP contribution in [0.4, 0.5) is 5.69 Å². The van der Waals surface area contributed by atoms with Gasteiger partial charge in [-0.15, -0.1) is 0 Å². The molecular formula is C20H29N3O3. The van der Waals surface area contributed by atoms with Crippen molar-refractivity contribution in [1.82, 2.24) is 10.2 Å². The van der Waals surface area contributed by atoms with Crippen LogP contribution < -0.4 is 10.6 Å². The fourth-order valence-electron chi connectivity index (χ4n) is 3.19. The van der Waals surface area contributed by atoms with E-state index in [1.54, 1.807) is 29.2 Å². The Morgan fingerprint density at radius 1 is 1.15 bits per heavy atom. The molecule has 0 unspecified atom stereocenters. The lowest BCUT2D eigenvalue weighted by Crippen LogP contribution is -2.43. The van der Waals surface area contributed by atoms with Crippen molar-refractivity contribution in [2.45, 2.75) is 46.0 Å². The summed E-state index contributed by atoms with van der Waals surface area (Å²) in [6, 6.07) is 6.96. The lowest BCUT2D eigenvalue weighted by molar-refractivity contribution is -0.126. The monoisotopic (exact) mass is 359 g/mol. The van der Waals surface area contributed by atoms with E-state index in [0.717, 1.165) is 25.8 Å². The van der Waals surface area contributed by atoms with Crippen LogP contribution in [0.25, 0.3) is 0 Å². The number of carbonyl (C=O) groups excluding carboxylic acids is 3. The summed E-state index contributed by atoms with van der Waals surface area (Å²) >= 11 is 0. The van der Waals surface area contributed by atoms with Crippen LogP contribution in [0, 0.1) is 5.92 Å². The summed E-state index contributed by atoms with van der Waals surface area (Å²) in [4.78, 5) is 37.8. The molecule has 0 radical (unpaired) electrons. The normalized spacial score (nSPS) is 14.8. The minimum absolute atomic E-state index is 0.00797. The number of amides is 3. The van der Waals surface area contributed by atoms with Crippen LogP contribution in [0.2, 0.25) is 0 Å². The molecule has 26 heavy (non-hydrogen) atoms. The van der Waals surface area contributed by atoms with Crippen LogP contribution in [0.5, 0.6) is 0 Å². The summed E-state index contributed by atoms with van der Waals surface area (Å²) in [7, 11) is 0. The average molecular weight is 359 g/mol. The van der Waals surface area contributed by atoms with Gasteiger partial charge in [-0.2, -0.15) is 0 Å². The number of nitrogens with one attached hydrogen (secondary N) is 2. The molecule has 1 aromatic carbocycles. The van der Waals surface area contributed by atoms with Crippen LogP contribution in [-0.4, -0.2) is 42.3 Å². The van der Waals surface area contributed by atoms with Gasteiger partial charge in [-0.3, -0.25) is 14.4 Å². The molecule has 2 rings (SSSR count). The number of unbranched alkanes of at least 4 members (excludes halogenated alkanes) is 2. The topological polar surface area (TPSA) is 78.5 Å². The van der Waals surface area contributed by atoms with Gasteiger partial charge in [0.2, 0.25) is 11.8 Å². The number of hydrogen-bond donors (Lipinski definition) is 2. The molecule has 3 amide bonds. The number of carbonyl (C=O) groups is 3. The summed E-state index contributed by atoms with van der Waals surface area (Å²) in [5.74, 6) is -0.119. The van der Waals surface area contributed by atoms with Crippen LogP contribution >= 0.6 is 0 Å². The van der Waals surface area contributed by atoms with E-state index in [4.69, 9.17) is 0 Å². The molecule has 6 nitrogen and oxygen atoms in total. The first-order chi connectivity index (χ1) is 12.5. The number of likely N-dealkylation sites (tertiary alicyclic amines) is 1. The number of nitrogens with zero attached hydrogens (tertiary/aromatic N) is 1. The molecule has 0 atom stereocenters. The molecule has 0 aliphatic carbocycles. The minimum atomic E-state index is -0.166. The molecule has 1 saturated heterocycles. The highest BCUT2D eigenvalue weighted by Gasteiger charge is 2.27. The Labute approximate surface area is 155 Å². The van der Waals surface area contributed by atoms with E-state index in [1.807, 2.05) is 0 Å². The number of benzene rings is 1. The molecule has 0 saturated carbocycles. The van der Waals surface area contributed by atoms with Gasteiger partial charge in [0.15, 0.2) is 0 Å². The second kappa shape index (κ2) is 9.94. The van der Waals surface area contributed by atoms with Crippen LogP contribution in [0.15, 0.2) is 24.3 Å². The van der Waals surface area contributed by atoms with Crippen LogP contribution in [0.1, 0.15) is 56.3 Å². The number of hydrogen-bond acceptors (Lipinski definition) is 3. The summed E-state index contributed by atoms with van der Waals surface area (Å²) < 4.78 is 0. The van der Waals surface area contributed by atoms with Crippen LogP contribution in [-0.2, 0) is 9.59 Å². The maximum atomic E-state index is 12.7. The fourth-order valence-corrected chi connectivity index (χ4v) is 3.19. The maximum absolute atomic E-state index is 12.7. The molecule has 2 N–H and O–H groups in total. The number of rotatable bonds is 7. The third kappa shape index (κ3) is 5.86. The third-order valence-electron chi connectivity index (χ3n) is 4.66. The Bertz CT molecular complexity index is 637. The van der Waals surface area contributed by atoms with E-state index in [2.05, 4.69) is 17.6 Å². The van der Waals surface area contributed by atoms with Crippen molar-refractivity contribution >= 4 is 23.4 Å². The predicted octanol–water partition coefficient (Wildman–Crippen LogP) is 2.80. The summed E-state index contributed by atoms with van der Waals surface area (Å²) in [5.41, 5.74) is 1.17. The van der Waals surface area contributed by atoms with Crippen molar-refractivity contribution in [3.05, 3.63) is 29.8 Å². The predicted molar refractivity (Wildman–Crippen MR) is 102 cm³/mol. The maximum Gasteiger partial charge on any atom is 0.253 e. The zero-order valence-corrected chi connectivity index (χ0v) is 15.7. The zero-order valence-electron chi connectivity index (χ0n) is 15.7. The highest BCUT2D eigenvalue weighted by atomic mass is 16.2. The minimum Gasteiger partial charge on any atom is -0.356 e. The standard InChI is InChI=1S/C20H29N3O3/c1-3-4-5-11-21-19(25)16-9-12-23(13-10-16)20(26)17-7-6-8-18(14-17)22-15(2)24/h6-8,14,16H,3-5,9-13H2,1-2H3,(H,21,25)(H,22,24). The van der Waals surface area contributed by atoms with Crippen molar-refractivity contribution in [3.63, 3.8) is 0 Å². The lowest BCUT2D eigenvalue weighted by atomic mass is 9.95. The van der Waals surface area contributed by atoms with Gasteiger partial charge in [0.1, 0.15) is 0 Å². The van der Waals surface area contributed by atoms with Gasteiger partial charge in [0, 0.05) is 43.7 Å². The van der Waals surface area contributed by atoms with Gasteiger partial charge in [-0.25, -0.2) is 0 Å². The Balaban J connectivity index is 1.84. The van der Waals surface area contributed by atoms with Crippen molar-refractivity contribution in [3.8, 4) is 0 Å². The van der Waals surface area contributed by atoms with Gasteiger partial charge < -0.3 is 15.5 Å². The largest absolute Gasteiger partial charge is 0.356 e. The van der Waals surface area contributed by atoms with E-state index in [1.165, 1.54) is 6.92 Å². The molecule has 1 aliphatic heterocycles. The first kappa shape index (κ1) is 19.9. The SMILES string of the molecule is CCCCCNC(=O)C1CCN(C(=O)c2cccc(NC(C)=O)c2)CC1. The van der Waals surface area contributed by atoms with E-state index in [0.29, 0.717) is 37.2 Å². The summed E-state index contributed by atoms with van der Waals surface area (Å²) in [6.07, 6.45) is 4.67. The van der Waals surface area contributed by atoms with Crippen LogP contribution in [0.3, 0.4) is 0 Å². The number of piperidine rings is 1. The molecule has 1 aromatic rings. The van der Waals surface area contributed by atoms with Gasteiger partial charge >= 0.3 is 0 Å². The van der Waals surface area contributed by atoms with Gasteiger partial charge in [-0.05, 0) is 37.5 Å². The van der Waals surface area contributed by atoms with Crippen molar-refractivity contribution < 1.29 is 14.4 Å². The third-order valence-corrected chi connectivity index (χ3v) is 4.66. The molecule has 0 spiro atoms. The molecular weight excluding hydrogens is 330 g/mol. The fraction of sp³-hybridized carbons (Fsp3) is 0.550. The molecule has 1 aliphatic rings. The van der Waals surface area contributed by atoms with Crippen molar-refractivity contribution in [2.24, 2.45) is 5.92 Å². The molecule has 1 fully saturated rings. The lowest BCUT2D eigenvalue weighted by Gasteiger charge is -2.31. The first-order valence-electron chi connectivity index (χ1n) is 9.46. The van der Waals surface area contributed by atoms with E-state index >= 15 is 0 Å². The summed E-state index contributed by atoms with van der Waals surface area (Å²) in [6.45, 7) is 5.47. The zero-order chi connectivity index (χ0) is 18.9. The van der Waals surface area contributed by atoms with Gasteiger partial charge in [0.25, 0.3) is 5.91 Å². The van der Waals surface area contributed by atoms with Crippen molar-refractivity contribution in [1.29, 1.82) is 0 Å². The second-order valence-electron chi connectivity index (χ2n) is 6.83. The smallest absolute Gasteiger partial charge is 0.253 e. The van der Waals surface area contributed by atoms with E-state index < -0.39 is 0 Å². The highest BCUT2D eigenvalue weighted by molar-refractivity contribution is 5.97. The van der Waals surface area contributed by atoms with E-state index in [9.17, 15) is 14.4 Å². The Morgan fingerprint density at radius 3 is 2.54 bits per heavy atom. The number of anilines is 1. The molecule has 0 bridgehead atoms. The molecule has 1 heterocycles. The average Bonchev–Trinajstić information content (AvgIpc) is 2.64. The van der Waals surface area contributed by atoms with Crippen molar-refractivity contribution in [2.75, 3.05) is 25.0 Å². The summed E-state index contributed by atoms with van der Waals surface area (Å²) in [5, 5.41) is 5.70. The second-order valence-corrected chi connectivity index (χ2v) is 6.83. The molecule has 6 heteroatoms.